The average Bonchev–Trinajstić information content (AvgIpc) is 2.70. The first-order chi connectivity index (χ1) is 7.95. The molecule has 1 aromatic rings. The molecule has 1 nitrogen and oxygen atoms in total. The zero-order chi connectivity index (χ0) is 12.5. The number of benzene rings is 1. The molecule has 0 bridgehead atoms. The van der Waals surface area contributed by atoms with E-state index in [2.05, 4.69) is 66.3 Å². The summed E-state index contributed by atoms with van der Waals surface area (Å²) >= 11 is 3.67. The van der Waals surface area contributed by atoms with Crippen molar-refractivity contribution >= 4 is 15.9 Å². The molecule has 1 saturated heterocycles. The van der Waals surface area contributed by atoms with Crippen molar-refractivity contribution in [1.29, 1.82) is 0 Å². The van der Waals surface area contributed by atoms with Crippen LogP contribution < -0.4 is 5.32 Å². The Morgan fingerprint density at radius 3 is 2.53 bits per heavy atom. The van der Waals surface area contributed by atoms with Crippen molar-refractivity contribution < 1.29 is 0 Å². The summed E-state index contributed by atoms with van der Waals surface area (Å²) in [7, 11) is 0. The molecular formula is C15H22BrN. The zero-order valence-corrected chi connectivity index (χ0v) is 12.6. The third kappa shape index (κ3) is 2.58. The molecule has 1 N–H and O–H groups in total. The lowest BCUT2D eigenvalue weighted by molar-refractivity contribution is 0.159. The highest BCUT2D eigenvalue weighted by Gasteiger charge is 2.43. The number of halogens is 1. The average molecular weight is 296 g/mol. The lowest BCUT2D eigenvalue weighted by Crippen LogP contribution is -2.52. The van der Waals surface area contributed by atoms with E-state index in [1.165, 1.54) is 22.9 Å². The molecular weight excluding hydrogens is 274 g/mol. The molecule has 2 heteroatoms. The van der Waals surface area contributed by atoms with Gasteiger partial charge in [0.15, 0.2) is 0 Å². The Labute approximate surface area is 113 Å². The molecule has 0 saturated carbocycles. The molecule has 0 aromatic heterocycles. The molecule has 1 aliphatic rings. The molecule has 1 unspecified atom stereocenters. The maximum absolute atomic E-state index is 3.76. The first kappa shape index (κ1) is 13.1. The van der Waals surface area contributed by atoms with Gasteiger partial charge in [0.25, 0.3) is 0 Å². The van der Waals surface area contributed by atoms with Gasteiger partial charge >= 0.3 is 0 Å². The summed E-state index contributed by atoms with van der Waals surface area (Å²) in [4.78, 5) is 0. The van der Waals surface area contributed by atoms with Crippen molar-refractivity contribution in [2.45, 2.75) is 45.6 Å². The maximum Gasteiger partial charge on any atom is 0.0270 e. The standard InChI is InChI=1S/C15H22BrN/c1-14(2,3)15(9-6-10-17-15)11-12-7-4-5-8-13(12)16/h4-5,7-8,17H,6,9-11H2,1-3H3. The molecule has 17 heavy (non-hydrogen) atoms. The van der Waals surface area contributed by atoms with E-state index in [-0.39, 0.29) is 5.54 Å². The summed E-state index contributed by atoms with van der Waals surface area (Å²) in [6.45, 7) is 8.20. The quantitative estimate of drug-likeness (QED) is 0.864. The zero-order valence-electron chi connectivity index (χ0n) is 11.0. The van der Waals surface area contributed by atoms with Gasteiger partial charge in [0.2, 0.25) is 0 Å². The van der Waals surface area contributed by atoms with Crippen molar-refractivity contribution in [2.75, 3.05) is 6.54 Å². The van der Waals surface area contributed by atoms with E-state index < -0.39 is 0 Å². The second-order valence-corrected chi connectivity index (χ2v) is 6.98. The largest absolute Gasteiger partial charge is 0.310 e. The number of rotatable bonds is 2. The molecule has 1 fully saturated rings. The summed E-state index contributed by atoms with van der Waals surface area (Å²) in [6, 6.07) is 8.59. The first-order valence-electron chi connectivity index (χ1n) is 6.43. The Morgan fingerprint density at radius 1 is 1.29 bits per heavy atom. The lowest BCUT2D eigenvalue weighted by Gasteiger charge is -2.43. The Hall–Kier alpha value is -0.340. The van der Waals surface area contributed by atoms with Gasteiger partial charge in [-0.1, -0.05) is 54.9 Å². The van der Waals surface area contributed by atoms with E-state index >= 15 is 0 Å². The van der Waals surface area contributed by atoms with Gasteiger partial charge in [0.05, 0.1) is 0 Å². The predicted molar refractivity (Wildman–Crippen MR) is 77.3 cm³/mol. The van der Waals surface area contributed by atoms with E-state index in [1.54, 1.807) is 0 Å². The van der Waals surface area contributed by atoms with Crippen molar-refractivity contribution in [3.63, 3.8) is 0 Å². The van der Waals surface area contributed by atoms with Crippen LogP contribution in [0.15, 0.2) is 28.7 Å². The monoisotopic (exact) mass is 295 g/mol. The summed E-state index contributed by atoms with van der Waals surface area (Å²) in [5.74, 6) is 0. The highest BCUT2D eigenvalue weighted by atomic mass is 79.9. The van der Waals surface area contributed by atoms with E-state index in [4.69, 9.17) is 0 Å². The summed E-state index contributed by atoms with van der Waals surface area (Å²) in [5.41, 5.74) is 1.95. The summed E-state index contributed by atoms with van der Waals surface area (Å²) in [6.07, 6.45) is 3.68. The molecule has 1 aliphatic heterocycles. The number of hydrogen-bond acceptors (Lipinski definition) is 1. The predicted octanol–water partition coefficient (Wildman–Crippen LogP) is 4.16. The second-order valence-electron chi connectivity index (χ2n) is 6.13. The van der Waals surface area contributed by atoms with Crippen LogP contribution in [0, 0.1) is 5.41 Å². The molecule has 0 amide bonds. The van der Waals surface area contributed by atoms with E-state index in [1.807, 2.05) is 0 Å². The number of nitrogens with one attached hydrogen (secondary N) is 1. The summed E-state index contributed by atoms with van der Waals surface area (Å²) < 4.78 is 1.23. The van der Waals surface area contributed by atoms with Crippen LogP contribution >= 0.6 is 15.9 Å². The molecule has 1 aromatic carbocycles. The molecule has 0 radical (unpaired) electrons. The van der Waals surface area contributed by atoms with Crippen molar-refractivity contribution in [3.8, 4) is 0 Å². The SMILES string of the molecule is CC(C)(C)C1(Cc2ccccc2Br)CCCN1. The molecule has 0 aliphatic carbocycles. The van der Waals surface area contributed by atoms with Gasteiger partial charge in [-0.3, -0.25) is 0 Å². The number of hydrogen-bond donors (Lipinski definition) is 1. The smallest absolute Gasteiger partial charge is 0.0270 e. The van der Waals surface area contributed by atoms with Gasteiger partial charge in [-0.15, -0.1) is 0 Å². The van der Waals surface area contributed by atoms with Crippen molar-refractivity contribution in [3.05, 3.63) is 34.3 Å². The highest BCUT2D eigenvalue weighted by molar-refractivity contribution is 9.10. The first-order valence-corrected chi connectivity index (χ1v) is 7.22. The van der Waals surface area contributed by atoms with Crippen LogP contribution in [0.4, 0.5) is 0 Å². The van der Waals surface area contributed by atoms with Crippen molar-refractivity contribution in [2.24, 2.45) is 5.41 Å². The molecule has 94 valence electrons. The van der Waals surface area contributed by atoms with Gasteiger partial charge in [-0.2, -0.15) is 0 Å². The van der Waals surface area contributed by atoms with Crippen LogP contribution in [0.3, 0.4) is 0 Å². The van der Waals surface area contributed by atoms with Gasteiger partial charge in [0, 0.05) is 10.0 Å². The summed E-state index contributed by atoms with van der Waals surface area (Å²) in [5, 5.41) is 3.76. The highest BCUT2D eigenvalue weighted by Crippen LogP contribution is 2.40. The van der Waals surface area contributed by atoms with E-state index in [0.717, 1.165) is 13.0 Å². The normalized spacial score (nSPS) is 25.2. The van der Waals surface area contributed by atoms with Gasteiger partial charge < -0.3 is 5.32 Å². The molecule has 1 heterocycles. The van der Waals surface area contributed by atoms with Crippen molar-refractivity contribution in [1.82, 2.24) is 5.32 Å². The van der Waals surface area contributed by atoms with Crippen LogP contribution in [-0.4, -0.2) is 12.1 Å². The van der Waals surface area contributed by atoms with Crippen LogP contribution in [-0.2, 0) is 6.42 Å². The van der Waals surface area contributed by atoms with Crippen LogP contribution in [0.1, 0.15) is 39.2 Å². The van der Waals surface area contributed by atoms with Gasteiger partial charge in [0.1, 0.15) is 0 Å². The second kappa shape index (κ2) is 4.74. The van der Waals surface area contributed by atoms with E-state index in [9.17, 15) is 0 Å². The van der Waals surface area contributed by atoms with Crippen LogP contribution in [0.2, 0.25) is 0 Å². The maximum atomic E-state index is 3.76. The molecule has 1 atom stereocenters. The van der Waals surface area contributed by atoms with E-state index in [0.29, 0.717) is 5.41 Å². The van der Waals surface area contributed by atoms with Crippen LogP contribution in [0.5, 0.6) is 0 Å². The Kier molecular flexibility index (Phi) is 3.65. The molecule has 0 spiro atoms. The van der Waals surface area contributed by atoms with Gasteiger partial charge in [-0.05, 0) is 42.9 Å². The van der Waals surface area contributed by atoms with Gasteiger partial charge in [-0.25, -0.2) is 0 Å². The Bertz CT molecular complexity index is 386. The Morgan fingerprint density at radius 2 is 2.00 bits per heavy atom. The third-order valence-corrected chi connectivity index (χ3v) is 4.90. The fourth-order valence-electron chi connectivity index (χ4n) is 2.83. The third-order valence-electron chi connectivity index (χ3n) is 4.13. The minimum absolute atomic E-state index is 0.247. The molecule has 2 rings (SSSR count). The fourth-order valence-corrected chi connectivity index (χ4v) is 3.25. The Balaban J connectivity index is 2.28. The lowest BCUT2D eigenvalue weighted by atomic mass is 9.69. The minimum atomic E-state index is 0.247. The topological polar surface area (TPSA) is 12.0 Å². The minimum Gasteiger partial charge on any atom is -0.310 e. The van der Waals surface area contributed by atoms with Crippen LogP contribution in [0.25, 0.3) is 0 Å². The fraction of sp³-hybridized carbons (Fsp3) is 0.600.